The van der Waals surface area contributed by atoms with Gasteiger partial charge in [0, 0.05) is 0 Å². The summed E-state index contributed by atoms with van der Waals surface area (Å²) in [5.74, 6) is -0.269. The molecule has 0 aliphatic carbocycles. The topological polar surface area (TPSA) is 70.4 Å². The number of benzene rings is 2. The molecule has 0 aliphatic rings. The van der Waals surface area contributed by atoms with Gasteiger partial charge in [-0.15, -0.1) is 0 Å². The van der Waals surface area contributed by atoms with E-state index < -0.39 is 11.5 Å². The van der Waals surface area contributed by atoms with Crippen LogP contribution in [-0.2, 0) is 4.74 Å². The first-order chi connectivity index (χ1) is 12.1. The molecule has 6 nitrogen and oxygen atoms in total. The van der Waals surface area contributed by atoms with Crippen molar-refractivity contribution in [1.82, 2.24) is 9.55 Å². The number of rotatable bonds is 4. The van der Waals surface area contributed by atoms with Gasteiger partial charge in [0.15, 0.2) is 0 Å². The van der Waals surface area contributed by atoms with Crippen LogP contribution in [-0.4, -0.2) is 29.2 Å². The highest BCUT2D eigenvalue weighted by atomic mass is 35.5. The third kappa shape index (κ3) is 3.08. The molecule has 3 aromatic rings. The fourth-order valence-corrected chi connectivity index (χ4v) is 2.77. The van der Waals surface area contributed by atoms with E-state index in [1.54, 1.807) is 49.4 Å². The number of carbonyl (C=O) groups is 1. The molecule has 7 heteroatoms. The summed E-state index contributed by atoms with van der Waals surface area (Å²) in [7, 11) is 1.51. The number of carbonyl (C=O) groups excluding carboxylic acids is 1. The second-order valence-corrected chi connectivity index (χ2v) is 5.54. The molecule has 1 heterocycles. The van der Waals surface area contributed by atoms with E-state index in [2.05, 4.69) is 4.98 Å². The van der Waals surface area contributed by atoms with Crippen LogP contribution in [0.1, 0.15) is 17.4 Å². The number of nitrogens with zero attached hydrogens (tertiary/aromatic N) is 2. The molecule has 0 saturated heterocycles. The number of ether oxygens (including phenoxy) is 2. The van der Waals surface area contributed by atoms with Crippen molar-refractivity contribution in [2.45, 2.75) is 6.92 Å². The summed E-state index contributed by atoms with van der Waals surface area (Å²) in [6.07, 6.45) is 0. The Morgan fingerprint density at radius 2 is 2.00 bits per heavy atom. The van der Waals surface area contributed by atoms with Gasteiger partial charge >= 0.3 is 5.97 Å². The molecule has 25 heavy (non-hydrogen) atoms. The summed E-state index contributed by atoms with van der Waals surface area (Å²) < 4.78 is 11.5. The molecule has 0 saturated carbocycles. The van der Waals surface area contributed by atoms with Crippen LogP contribution in [0.2, 0.25) is 5.02 Å². The molecular weight excluding hydrogens is 344 g/mol. The van der Waals surface area contributed by atoms with E-state index in [-0.39, 0.29) is 12.3 Å². The highest BCUT2D eigenvalue weighted by Gasteiger charge is 2.19. The summed E-state index contributed by atoms with van der Waals surface area (Å²) in [5.41, 5.74) is 0.713. The van der Waals surface area contributed by atoms with Crippen LogP contribution in [0.25, 0.3) is 16.7 Å². The van der Waals surface area contributed by atoms with E-state index >= 15 is 0 Å². The van der Waals surface area contributed by atoms with Crippen molar-refractivity contribution >= 4 is 28.6 Å². The minimum Gasteiger partial charge on any atom is -0.495 e. The Labute approximate surface area is 148 Å². The van der Waals surface area contributed by atoms with E-state index in [1.165, 1.54) is 11.7 Å². The monoisotopic (exact) mass is 358 g/mol. The normalized spacial score (nSPS) is 10.7. The molecule has 128 valence electrons. The van der Waals surface area contributed by atoms with Crippen LogP contribution >= 0.6 is 11.6 Å². The predicted octanol–water partition coefficient (Wildman–Crippen LogP) is 3.22. The van der Waals surface area contributed by atoms with Gasteiger partial charge < -0.3 is 9.47 Å². The highest BCUT2D eigenvalue weighted by molar-refractivity contribution is 6.32. The van der Waals surface area contributed by atoms with E-state index in [1.807, 2.05) is 0 Å². The lowest BCUT2D eigenvalue weighted by atomic mass is 10.2. The van der Waals surface area contributed by atoms with E-state index in [9.17, 15) is 9.59 Å². The van der Waals surface area contributed by atoms with Crippen molar-refractivity contribution in [3.63, 3.8) is 0 Å². The number of esters is 1. The van der Waals surface area contributed by atoms with Gasteiger partial charge in [0.2, 0.25) is 5.69 Å². The van der Waals surface area contributed by atoms with Gasteiger partial charge in [0.05, 0.1) is 35.5 Å². The van der Waals surface area contributed by atoms with Gasteiger partial charge in [-0.25, -0.2) is 9.78 Å². The van der Waals surface area contributed by atoms with Crippen LogP contribution in [0.5, 0.6) is 5.75 Å². The second kappa shape index (κ2) is 6.94. The summed E-state index contributed by atoms with van der Waals surface area (Å²) in [4.78, 5) is 29.2. The lowest BCUT2D eigenvalue weighted by Gasteiger charge is -2.13. The minimum absolute atomic E-state index is 0.154. The van der Waals surface area contributed by atoms with E-state index in [0.717, 1.165) is 0 Å². The summed E-state index contributed by atoms with van der Waals surface area (Å²) in [6, 6.07) is 12.0. The Morgan fingerprint density at radius 3 is 2.68 bits per heavy atom. The molecule has 0 radical (unpaired) electrons. The lowest BCUT2D eigenvalue weighted by molar-refractivity contribution is 0.0517. The molecule has 0 spiro atoms. The van der Waals surface area contributed by atoms with E-state index in [4.69, 9.17) is 21.1 Å². The number of hydrogen-bond acceptors (Lipinski definition) is 5. The molecule has 0 unspecified atom stereocenters. The van der Waals surface area contributed by atoms with Crippen LogP contribution in [0.4, 0.5) is 0 Å². The second-order valence-electron chi connectivity index (χ2n) is 5.13. The van der Waals surface area contributed by atoms with Gasteiger partial charge in [-0.1, -0.05) is 23.7 Å². The van der Waals surface area contributed by atoms with Crippen molar-refractivity contribution in [1.29, 1.82) is 0 Å². The van der Waals surface area contributed by atoms with Gasteiger partial charge in [0.25, 0.3) is 5.56 Å². The standard InChI is InChI=1S/C18H15ClN2O4/c1-3-25-18(23)16-17(22)21(14-7-5-4-6-13(14)20-16)11-8-9-15(24-2)12(19)10-11/h4-10H,3H2,1-2H3. The SMILES string of the molecule is CCOC(=O)c1nc2ccccc2n(-c2ccc(OC)c(Cl)c2)c1=O. The number of aromatic nitrogens is 2. The maximum atomic E-state index is 12.9. The maximum Gasteiger partial charge on any atom is 0.362 e. The molecule has 0 fully saturated rings. The smallest absolute Gasteiger partial charge is 0.362 e. The molecule has 0 bridgehead atoms. The average Bonchev–Trinajstić information content (AvgIpc) is 2.61. The first kappa shape index (κ1) is 17.0. The molecule has 3 rings (SSSR count). The fraction of sp³-hybridized carbons (Fsp3) is 0.167. The van der Waals surface area contributed by atoms with Crippen molar-refractivity contribution < 1.29 is 14.3 Å². The predicted molar refractivity (Wildman–Crippen MR) is 94.9 cm³/mol. The zero-order chi connectivity index (χ0) is 18.0. The zero-order valence-electron chi connectivity index (χ0n) is 13.7. The van der Waals surface area contributed by atoms with Gasteiger partial charge in [-0.2, -0.15) is 0 Å². The third-order valence-electron chi connectivity index (χ3n) is 3.62. The minimum atomic E-state index is -0.758. The average molecular weight is 359 g/mol. The van der Waals surface area contributed by atoms with Crippen molar-refractivity contribution in [3.05, 3.63) is 63.5 Å². The molecule has 0 N–H and O–H groups in total. The first-order valence-corrected chi connectivity index (χ1v) is 7.97. The number of fused-ring (bicyclic) bond motifs is 1. The van der Waals surface area contributed by atoms with Gasteiger partial charge in [-0.3, -0.25) is 9.36 Å². The van der Waals surface area contributed by atoms with Crippen molar-refractivity contribution in [3.8, 4) is 11.4 Å². The fourth-order valence-electron chi connectivity index (χ4n) is 2.51. The number of halogens is 1. The molecule has 0 aliphatic heterocycles. The first-order valence-electron chi connectivity index (χ1n) is 7.59. The Morgan fingerprint density at radius 1 is 1.24 bits per heavy atom. The molecule has 0 atom stereocenters. The van der Waals surface area contributed by atoms with Crippen LogP contribution in [0.15, 0.2) is 47.3 Å². The van der Waals surface area contributed by atoms with Crippen LogP contribution in [0.3, 0.4) is 0 Å². The molecule has 0 amide bonds. The Balaban J connectivity index is 2.33. The quantitative estimate of drug-likeness (QED) is 0.670. The zero-order valence-corrected chi connectivity index (χ0v) is 14.4. The summed E-state index contributed by atoms with van der Waals surface area (Å²) in [5, 5.41) is 0.352. The lowest BCUT2D eigenvalue weighted by Crippen LogP contribution is -2.28. The molecule has 1 aromatic heterocycles. The van der Waals surface area contributed by atoms with E-state index in [0.29, 0.717) is 27.5 Å². The Kier molecular flexibility index (Phi) is 4.72. The number of hydrogen-bond donors (Lipinski definition) is 0. The van der Waals surface area contributed by atoms with Crippen molar-refractivity contribution in [2.24, 2.45) is 0 Å². The summed E-state index contributed by atoms with van der Waals surface area (Å²) >= 11 is 6.19. The molecular formula is C18H15ClN2O4. The maximum absolute atomic E-state index is 12.9. The van der Waals surface area contributed by atoms with Crippen molar-refractivity contribution in [2.75, 3.05) is 13.7 Å². The highest BCUT2D eigenvalue weighted by Crippen LogP contribution is 2.27. The largest absolute Gasteiger partial charge is 0.495 e. The number of para-hydroxylation sites is 2. The van der Waals surface area contributed by atoms with Crippen LogP contribution < -0.4 is 10.3 Å². The third-order valence-corrected chi connectivity index (χ3v) is 3.92. The summed E-state index contributed by atoms with van der Waals surface area (Å²) in [6.45, 7) is 1.82. The number of methoxy groups -OCH3 is 1. The van der Waals surface area contributed by atoms with Gasteiger partial charge in [0.1, 0.15) is 5.75 Å². The van der Waals surface area contributed by atoms with Crippen LogP contribution in [0, 0.1) is 0 Å². The molecule has 2 aromatic carbocycles. The van der Waals surface area contributed by atoms with Gasteiger partial charge in [-0.05, 0) is 37.3 Å². The Bertz CT molecular complexity index is 1010. The Hall–Kier alpha value is -2.86.